The second-order valence-electron chi connectivity index (χ2n) is 8.00. The molecule has 4 rings (SSSR count). The van der Waals surface area contributed by atoms with E-state index in [4.69, 9.17) is 0 Å². The van der Waals surface area contributed by atoms with Crippen LogP contribution in [0.2, 0.25) is 0 Å². The second kappa shape index (κ2) is 6.89. The number of hydrogen-bond donors (Lipinski definition) is 1. The summed E-state index contributed by atoms with van der Waals surface area (Å²) >= 11 is 0. The van der Waals surface area contributed by atoms with Crippen LogP contribution >= 0.6 is 0 Å². The first-order valence-electron chi connectivity index (χ1n) is 9.57. The summed E-state index contributed by atoms with van der Waals surface area (Å²) < 4.78 is 0. The minimum Gasteiger partial charge on any atom is -0.348 e. The number of likely N-dealkylation sites (tertiary alicyclic amines) is 1. The fourth-order valence-corrected chi connectivity index (χ4v) is 4.46. The summed E-state index contributed by atoms with van der Waals surface area (Å²) in [6.45, 7) is 9.33. The maximum absolute atomic E-state index is 4.66. The van der Waals surface area contributed by atoms with Crippen LogP contribution in [0.4, 0.5) is 0 Å². The number of rotatable bonds is 4. The number of imidazole rings is 1. The Morgan fingerprint density at radius 1 is 1.12 bits per heavy atom. The van der Waals surface area contributed by atoms with E-state index in [1.165, 1.54) is 38.0 Å². The molecule has 5 nitrogen and oxygen atoms in total. The van der Waals surface area contributed by atoms with Crippen LogP contribution in [0.3, 0.4) is 0 Å². The number of nitrogens with one attached hydrogen (secondary N) is 1. The number of hydrogen-bond acceptors (Lipinski definition) is 4. The third-order valence-corrected chi connectivity index (χ3v) is 5.79. The molecule has 0 aromatic carbocycles. The summed E-state index contributed by atoms with van der Waals surface area (Å²) in [5, 5.41) is 0. The molecule has 2 aromatic heterocycles. The summed E-state index contributed by atoms with van der Waals surface area (Å²) in [6.07, 6.45) is 8.80. The van der Waals surface area contributed by atoms with Crippen molar-refractivity contribution in [1.82, 2.24) is 24.8 Å². The van der Waals surface area contributed by atoms with Crippen molar-refractivity contribution in [2.45, 2.75) is 51.1 Å². The van der Waals surface area contributed by atoms with Crippen LogP contribution in [0.15, 0.2) is 30.7 Å². The van der Waals surface area contributed by atoms with Gasteiger partial charge in [0.1, 0.15) is 0 Å². The molecule has 2 aliphatic rings. The molecule has 4 heterocycles. The van der Waals surface area contributed by atoms with Crippen molar-refractivity contribution in [3.63, 3.8) is 0 Å². The zero-order valence-electron chi connectivity index (χ0n) is 15.4. The molecule has 25 heavy (non-hydrogen) atoms. The third-order valence-electron chi connectivity index (χ3n) is 5.79. The monoisotopic (exact) mass is 339 g/mol. The number of aromatic amines is 1. The second-order valence-corrected chi connectivity index (χ2v) is 8.00. The molecule has 2 aliphatic heterocycles. The van der Waals surface area contributed by atoms with E-state index in [1.54, 1.807) is 0 Å². The van der Waals surface area contributed by atoms with Gasteiger partial charge in [0, 0.05) is 36.9 Å². The van der Waals surface area contributed by atoms with E-state index in [9.17, 15) is 0 Å². The van der Waals surface area contributed by atoms with Crippen molar-refractivity contribution in [3.05, 3.63) is 47.8 Å². The predicted octanol–water partition coefficient (Wildman–Crippen LogP) is 3.02. The highest BCUT2D eigenvalue weighted by molar-refractivity contribution is 5.28. The maximum atomic E-state index is 4.66. The van der Waals surface area contributed by atoms with E-state index in [0.29, 0.717) is 0 Å². The van der Waals surface area contributed by atoms with Crippen molar-refractivity contribution in [2.24, 2.45) is 0 Å². The summed E-state index contributed by atoms with van der Waals surface area (Å²) in [7, 11) is 0. The Hall–Kier alpha value is -1.72. The lowest BCUT2D eigenvalue weighted by Crippen LogP contribution is -2.55. The quantitative estimate of drug-likeness (QED) is 0.930. The highest BCUT2D eigenvalue weighted by atomic mass is 15.3. The normalized spacial score (nSPS) is 22.7. The van der Waals surface area contributed by atoms with E-state index < -0.39 is 0 Å². The molecule has 0 radical (unpaired) electrons. The molecule has 1 atom stereocenters. The zero-order chi connectivity index (χ0) is 17.3. The molecule has 2 aromatic rings. The van der Waals surface area contributed by atoms with Crippen molar-refractivity contribution in [3.8, 4) is 0 Å². The number of fused-ring (bicyclic) bond motifs is 1. The summed E-state index contributed by atoms with van der Waals surface area (Å²) in [5.41, 5.74) is 3.69. The zero-order valence-corrected chi connectivity index (χ0v) is 15.4. The van der Waals surface area contributed by atoms with E-state index in [-0.39, 0.29) is 11.6 Å². The van der Waals surface area contributed by atoms with Crippen LogP contribution in [0.5, 0.6) is 0 Å². The first-order chi connectivity index (χ1) is 12.1. The predicted molar refractivity (Wildman–Crippen MR) is 99.4 cm³/mol. The Labute approximate surface area is 150 Å². The first kappa shape index (κ1) is 16.7. The average Bonchev–Trinajstić information content (AvgIpc) is 3.11. The molecule has 0 saturated carbocycles. The Bertz CT molecular complexity index is 687. The van der Waals surface area contributed by atoms with Crippen LogP contribution in [0.25, 0.3) is 0 Å². The van der Waals surface area contributed by atoms with Gasteiger partial charge in [0.05, 0.1) is 23.8 Å². The van der Waals surface area contributed by atoms with Gasteiger partial charge in [0.15, 0.2) is 0 Å². The number of aromatic nitrogens is 3. The highest BCUT2D eigenvalue weighted by Crippen LogP contribution is 2.34. The van der Waals surface area contributed by atoms with Gasteiger partial charge in [-0.2, -0.15) is 0 Å². The third kappa shape index (κ3) is 3.35. The van der Waals surface area contributed by atoms with Crippen LogP contribution in [0, 0.1) is 0 Å². The Balaban J connectivity index is 1.61. The summed E-state index contributed by atoms with van der Waals surface area (Å²) in [6, 6.07) is 6.35. The van der Waals surface area contributed by atoms with Crippen molar-refractivity contribution in [2.75, 3.05) is 26.2 Å². The van der Waals surface area contributed by atoms with Gasteiger partial charge in [-0.1, -0.05) is 12.5 Å². The fraction of sp³-hybridized carbons (Fsp3) is 0.600. The molecule has 0 spiro atoms. The lowest BCUT2D eigenvalue weighted by molar-refractivity contribution is 0.0439. The molecular formula is C20H29N5. The SMILES string of the molecule is CC(C)(CN1CCc2[nH]cnc2C1c1ccccn1)N1CCCCC1. The van der Waals surface area contributed by atoms with Crippen molar-refractivity contribution >= 4 is 0 Å². The molecule has 1 saturated heterocycles. The van der Waals surface area contributed by atoms with Crippen LogP contribution in [-0.2, 0) is 6.42 Å². The van der Waals surface area contributed by atoms with E-state index in [2.05, 4.69) is 50.7 Å². The van der Waals surface area contributed by atoms with E-state index in [1.807, 2.05) is 18.6 Å². The molecule has 134 valence electrons. The number of nitrogens with zero attached hydrogens (tertiary/aromatic N) is 4. The van der Waals surface area contributed by atoms with Crippen molar-refractivity contribution < 1.29 is 0 Å². The fourth-order valence-electron chi connectivity index (χ4n) is 4.46. The van der Waals surface area contributed by atoms with Crippen LogP contribution in [0.1, 0.15) is 56.2 Å². The molecule has 1 N–H and O–H groups in total. The van der Waals surface area contributed by atoms with Crippen LogP contribution < -0.4 is 0 Å². The minimum absolute atomic E-state index is 0.153. The van der Waals surface area contributed by atoms with Gasteiger partial charge in [-0.3, -0.25) is 14.8 Å². The molecule has 1 fully saturated rings. The molecule has 0 aliphatic carbocycles. The van der Waals surface area contributed by atoms with Crippen LogP contribution in [-0.4, -0.2) is 56.5 Å². The minimum atomic E-state index is 0.153. The summed E-state index contributed by atoms with van der Waals surface area (Å²) in [5.74, 6) is 0. The smallest absolute Gasteiger partial charge is 0.0969 e. The number of H-pyrrole nitrogens is 1. The molecule has 0 bridgehead atoms. The molecule has 1 unspecified atom stereocenters. The topological polar surface area (TPSA) is 48.1 Å². The average molecular weight is 339 g/mol. The maximum Gasteiger partial charge on any atom is 0.0969 e. The van der Waals surface area contributed by atoms with E-state index in [0.717, 1.165) is 30.9 Å². The Morgan fingerprint density at radius 3 is 2.72 bits per heavy atom. The van der Waals surface area contributed by atoms with E-state index >= 15 is 0 Å². The number of piperidine rings is 1. The van der Waals surface area contributed by atoms with Gasteiger partial charge in [0.25, 0.3) is 0 Å². The Kier molecular flexibility index (Phi) is 4.61. The largest absolute Gasteiger partial charge is 0.348 e. The standard InChI is InChI=1S/C20H29N5/c1-20(2,25-11-6-3-7-12-25)14-24-13-9-16-18(23-15-22-16)19(24)17-8-4-5-10-21-17/h4-5,8,10,15,19H,3,6-7,9,11-14H2,1-2H3,(H,22,23). The molecule has 5 heteroatoms. The highest BCUT2D eigenvalue weighted by Gasteiger charge is 2.37. The van der Waals surface area contributed by atoms with Crippen molar-refractivity contribution in [1.29, 1.82) is 0 Å². The van der Waals surface area contributed by atoms with Gasteiger partial charge in [-0.05, 0) is 51.9 Å². The van der Waals surface area contributed by atoms with Gasteiger partial charge in [-0.25, -0.2) is 4.98 Å². The Morgan fingerprint density at radius 2 is 1.96 bits per heavy atom. The van der Waals surface area contributed by atoms with Gasteiger partial charge in [0.2, 0.25) is 0 Å². The molecular weight excluding hydrogens is 310 g/mol. The summed E-state index contributed by atoms with van der Waals surface area (Å²) in [4.78, 5) is 17.9. The first-order valence-corrected chi connectivity index (χ1v) is 9.57. The lowest BCUT2D eigenvalue weighted by Gasteiger charge is -2.46. The lowest BCUT2D eigenvalue weighted by atomic mass is 9.93. The van der Waals surface area contributed by atoms with Gasteiger partial charge >= 0.3 is 0 Å². The van der Waals surface area contributed by atoms with Gasteiger partial charge < -0.3 is 4.98 Å². The number of pyridine rings is 1. The molecule has 0 amide bonds. The van der Waals surface area contributed by atoms with Gasteiger partial charge in [-0.15, -0.1) is 0 Å².